The van der Waals surface area contributed by atoms with Crippen LogP contribution in [-0.4, -0.2) is 25.0 Å². The maximum Gasteiger partial charge on any atom is 0.413 e. The second kappa shape index (κ2) is 6.00. The molecule has 0 unspecified atom stereocenters. The molecule has 1 rings (SSSR count). The summed E-state index contributed by atoms with van der Waals surface area (Å²) >= 11 is 1.21. The summed E-state index contributed by atoms with van der Waals surface area (Å²) in [5, 5.41) is 6.66. The molecule has 0 aliphatic carbocycles. The van der Waals surface area contributed by atoms with E-state index in [-0.39, 0.29) is 11.5 Å². The first kappa shape index (κ1) is 13.2. The predicted molar refractivity (Wildman–Crippen MR) is 63.1 cm³/mol. The van der Waals surface area contributed by atoms with E-state index in [0.717, 1.165) is 7.11 Å². The molecule has 2 N–H and O–H groups in total. The average molecular weight is 256 g/mol. The Morgan fingerprint density at radius 3 is 2.71 bits per heavy atom. The van der Waals surface area contributed by atoms with Gasteiger partial charge in [0.1, 0.15) is 5.00 Å². The van der Waals surface area contributed by atoms with E-state index < -0.39 is 12.0 Å². The van der Waals surface area contributed by atoms with Gasteiger partial charge in [-0.25, -0.2) is 4.79 Å². The fraction of sp³-hybridized carbons (Fsp3) is 0.300. The first-order valence-corrected chi connectivity index (χ1v) is 5.73. The summed E-state index contributed by atoms with van der Waals surface area (Å²) in [5.74, 6) is -0.802. The van der Waals surface area contributed by atoms with Crippen molar-refractivity contribution in [3.05, 3.63) is 17.0 Å². The maximum atomic E-state index is 11.6. The Labute approximate surface area is 102 Å². The lowest BCUT2D eigenvalue weighted by molar-refractivity contribution is -0.115. The van der Waals surface area contributed by atoms with E-state index in [1.54, 1.807) is 12.3 Å². The molecule has 0 spiro atoms. The van der Waals surface area contributed by atoms with Crippen molar-refractivity contribution in [1.82, 2.24) is 5.32 Å². The summed E-state index contributed by atoms with van der Waals surface area (Å²) in [6.07, 6.45) is -0.523. The third-order valence-corrected chi connectivity index (χ3v) is 2.71. The molecule has 0 aromatic carbocycles. The highest BCUT2D eigenvalue weighted by Gasteiger charge is 2.16. The Morgan fingerprint density at radius 1 is 1.41 bits per heavy atom. The zero-order valence-corrected chi connectivity index (χ0v) is 10.2. The number of imide groups is 1. The van der Waals surface area contributed by atoms with E-state index in [1.165, 1.54) is 17.4 Å². The van der Waals surface area contributed by atoms with Crippen molar-refractivity contribution in [2.75, 3.05) is 12.4 Å². The lowest BCUT2D eigenvalue weighted by Crippen LogP contribution is -2.30. The number of rotatable bonds is 3. The molecular weight excluding hydrogens is 244 g/mol. The van der Waals surface area contributed by atoms with Gasteiger partial charge in [-0.3, -0.25) is 14.9 Å². The van der Waals surface area contributed by atoms with Gasteiger partial charge in [-0.2, -0.15) is 0 Å². The third kappa shape index (κ3) is 3.56. The molecule has 0 fully saturated rings. The smallest absolute Gasteiger partial charge is 0.413 e. The minimum atomic E-state index is -0.839. The van der Waals surface area contributed by atoms with Crippen molar-refractivity contribution in [2.45, 2.75) is 13.3 Å². The van der Waals surface area contributed by atoms with Gasteiger partial charge >= 0.3 is 6.09 Å². The minimum Gasteiger partial charge on any atom is -0.453 e. The third-order valence-electron chi connectivity index (χ3n) is 1.88. The first-order chi connectivity index (χ1) is 8.08. The summed E-state index contributed by atoms with van der Waals surface area (Å²) in [6.45, 7) is 1.71. The molecule has 0 saturated carbocycles. The van der Waals surface area contributed by atoms with Crippen LogP contribution in [0.2, 0.25) is 0 Å². The largest absolute Gasteiger partial charge is 0.453 e. The molecule has 92 valence electrons. The van der Waals surface area contributed by atoms with E-state index in [9.17, 15) is 14.4 Å². The zero-order chi connectivity index (χ0) is 12.8. The maximum absolute atomic E-state index is 11.6. The number of alkyl carbamates (subject to hydrolysis) is 1. The zero-order valence-electron chi connectivity index (χ0n) is 9.40. The minimum absolute atomic E-state index is 0.195. The number of thiophene rings is 1. The molecular formula is C10H12N2O4S. The van der Waals surface area contributed by atoms with Crippen molar-refractivity contribution in [3.8, 4) is 0 Å². The van der Waals surface area contributed by atoms with Gasteiger partial charge in [-0.1, -0.05) is 6.92 Å². The Bertz CT molecular complexity index is 441. The summed E-state index contributed by atoms with van der Waals surface area (Å²) < 4.78 is 4.31. The molecule has 1 aromatic rings. The van der Waals surface area contributed by atoms with Crippen LogP contribution in [0.1, 0.15) is 23.7 Å². The molecule has 0 atom stereocenters. The van der Waals surface area contributed by atoms with Gasteiger partial charge in [0.2, 0.25) is 5.91 Å². The van der Waals surface area contributed by atoms with Crippen LogP contribution in [0, 0.1) is 0 Å². The molecule has 0 saturated heterocycles. The van der Waals surface area contributed by atoms with E-state index >= 15 is 0 Å². The molecule has 0 aliphatic heterocycles. The van der Waals surface area contributed by atoms with Gasteiger partial charge < -0.3 is 10.1 Å². The standard InChI is InChI=1S/C10H12N2O4S/c1-3-7(13)11-9-6(4-5-17-9)8(14)12-10(15)16-2/h4-5H,3H2,1-2H3,(H,11,13)(H,12,14,15). The lowest BCUT2D eigenvalue weighted by atomic mass is 10.3. The Balaban J connectivity index is 2.77. The van der Waals surface area contributed by atoms with Crippen LogP contribution < -0.4 is 10.6 Å². The number of hydrogen-bond acceptors (Lipinski definition) is 5. The highest BCUT2D eigenvalue weighted by atomic mass is 32.1. The summed E-state index contributed by atoms with van der Waals surface area (Å²) in [5.41, 5.74) is 0.238. The van der Waals surface area contributed by atoms with Crippen molar-refractivity contribution in [1.29, 1.82) is 0 Å². The molecule has 0 radical (unpaired) electrons. The van der Waals surface area contributed by atoms with Crippen LogP contribution in [-0.2, 0) is 9.53 Å². The second-order valence-corrected chi connectivity index (χ2v) is 3.93. The SMILES string of the molecule is CCC(=O)Nc1sccc1C(=O)NC(=O)OC. The number of nitrogens with one attached hydrogen (secondary N) is 2. The number of carbonyl (C=O) groups excluding carboxylic acids is 3. The van der Waals surface area contributed by atoms with Crippen LogP contribution >= 0.6 is 11.3 Å². The number of carbonyl (C=O) groups is 3. The molecule has 17 heavy (non-hydrogen) atoms. The molecule has 7 heteroatoms. The summed E-state index contributed by atoms with van der Waals surface area (Å²) in [4.78, 5) is 33.7. The predicted octanol–water partition coefficient (Wildman–Crippen LogP) is 1.59. The number of methoxy groups -OCH3 is 1. The lowest BCUT2D eigenvalue weighted by Gasteiger charge is -2.05. The van der Waals surface area contributed by atoms with Gasteiger partial charge in [-0.15, -0.1) is 11.3 Å². The first-order valence-electron chi connectivity index (χ1n) is 4.85. The molecule has 1 heterocycles. The number of anilines is 1. The van der Waals surface area contributed by atoms with Gasteiger partial charge in [0.05, 0.1) is 12.7 Å². The fourth-order valence-corrected chi connectivity index (χ4v) is 1.81. The average Bonchev–Trinajstić information content (AvgIpc) is 2.76. The second-order valence-electron chi connectivity index (χ2n) is 3.01. The molecule has 0 bridgehead atoms. The Kier molecular flexibility index (Phi) is 4.65. The van der Waals surface area contributed by atoms with Crippen molar-refractivity contribution in [3.63, 3.8) is 0 Å². The van der Waals surface area contributed by atoms with Crippen LogP contribution in [0.25, 0.3) is 0 Å². The van der Waals surface area contributed by atoms with Crippen molar-refractivity contribution < 1.29 is 19.1 Å². The Morgan fingerprint density at radius 2 is 2.12 bits per heavy atom. The van der Waals surface area contributed by atoms with Crippen molar-refractivity contribution >= 4 is 34.2 Å². The molecule has 6 nitrogen and oxygen atoms in total. The van der Waals surface area contributed by atoms with Gasteiger partial charge in [0.15, 0.2) is 0 Å². The van der Waals surface area contributed by atoms with Crippen LogP contribution in [0.3, 0.4) is 0 Å². The number of amides is 3. The van der Waals surface area contributed by atoms with E-state index in [2.05, 4.69) is 10.1 Å². The van der Waals surface area contributed by atoms with E-state index in [4.69, 9.17) is 0 Å². The molecule has 3 amide bonds. The van der Waals surface area contributed by atoms with E-state index in [1.807, 2.05) is 5.32 Å². The number of ether oxygens (including phenoxy) is 1. The van der Waals surface area contributed by atoms with Crippen LogP contribution in [0.15, 0.2) is 11.4 Å². The fourth-order valence-electron chi connectivity index (χ4n) is 1.01. The Hall–Kier alpha value is -1.89. The molecule has 1 aromatic heterocycles. The highest BCUT2D eigenvalue weighted by molar-refractivity contribution is 7.14. The van der Waals surface area contributed by atoms with Gasteiger partial charge in [-0.05, 0) is 11.4 Å². The normalized spacial score (nSPS) is 9.53. The molecule has 0 aliphatic rings. The summed E-state index contributed by atoms with van der Waals surface area (Å²) in [7, 11) is 1.16. The number of hydrogen-bond donors (Lipinski definition) is 2. The van der Waals surface area contributed by atoms with Crippen molar-refractivity contribution in [2.24, 2.45) is 0 Å². The topological polar surface area (TPSA) is 84.5 Å². The van der Waals surface area contributed by atoms with E-state index in [0.29, 0.717) is 11.4 Å². The van der Waals surface area contributed by atoms with Crippen LogP contribution in [0.5, 0.6) is 0 Å². The van der Waals surface area contributed by atoms with Gasteiger partial charge in [0.25, 0.3) is 5.91 Å². The van der Waals surface area contributed by atoms with Gasteiger partial charge in [0, 0.05) is 6.42 Å². The monoisotopic (exact) mass is 256 g/mol. The summed E-state index contributed by atoms with van der Waals surface area (Å²) in [6, 6.07) is 1.52. The quantitative estimate of drug-likeness (QED) is 0.860. The highest BCUT2D eigenvalue weighted by Crippen LogP contribution is 2.23. The van der Waals surface area contributed by atoms with Crippen LogP contribution in [0.4, 0.5) is 9.80 Å².